The molecule has 138 valence electrons. The zero-order chi connectivity index (χ0) is 19.2. The molecule has 0 aliphatic carbocycles. The minimum absolute atomic E-state index is 0.239. The molecule has 0 atom stereocenters. The van der Waals surface area contributed by atoms with Gasteiger partial charge in [-0.15, -0.1) is 0 Å². The van der Waals surface area contributed by atoms with Gasteiger partial charge in [0.05, 0.1) is 0 Å². The first-order chi connectivity index (χ1) is 13.0. The monoisotopic (exact) mass is 360 g/mol. The molecule has 0 spiro atoms. The molecule has 5 heteroatoms. The second-order valence-corrected chi connectivity index (χ2v) is 6.72. The molecule has 1 heterocycles. The normalized spacial score (nSPS) is 10.7. The molecule has 1 aromatic heterocycles. The summed E-state index contributed by atoms with van der Waals surface area (Å²) in [4.78, 5) is 21.4. The van der Waals surface area contributed by atoms with Gasteiger partial charge in [0.1, 0.15) is 17.3 Å². The van der Waals surface area contributed by atoms with Crippen molar-refractivity contribution >= 4 is 17.4 Å². The molecule has 1 amide bonds. The third kappa shape index (κ3) is 4.91. The van der Waals surface area contributed by atoms with Crippen LogP contribution < -0.4 is 10.6 Å². The van der Waals surface area contributed by atoms with Gasteiger partial charge >= 0.3 is 0 Å². The van der Waals surface area contributed by atoms with Crippen molar-refractivity contribution in [1.82, 2.24) is 9.97 Å². The summed E-state index contributed by atoms with van der Waals surface area (Å²) < 4.78 is 0. The number of nitrogens with one attached hydrogen (secondary N) is 2. The van der Waals surface area contributed by atoms with E-state index >= 15 is 0 Å². The van der Waals surface area contributed by atoms with E-state index in [-0.39, 0.29) is 5.91 Å². The molecular weight excluding hydrogens is 336 g/mol. The Labute approximate surface area is 159 Å². The number of anilines is 2. The van der Waals surface area contributed by atoms with Gasteiger partial charge in [0.2, 0.25) is 0 Å². The van der Waals surface area contributed by atoms with Gasteiger partial charge in [-0.25, -0.2) is 9.97 Å². The van der Waals surface area contributed by atoms with Gasteiger partial charge < -0.3 is 10.6 Å². The van der Waals surface area contributed by atoms with Crippen molar-refractivity contribution in [2.75, 3.05) is 10.6 Å². The standard InChI is InChI=1S/C22H24N4O/c1-15(2)18-11-7-8-12-19(18)26-22(27)20-13-21(25-16(3)24-20)23-14-17-9-5-4-6-10-17/h4-13,15H,14H2,1-3H3,(H,26,27)(H,23,24,25). The Morgan fingerprint density at radius 1 is 1.00 bits per heavy atom. The fraction of sp³-hybridized carbons (Fsp3) is 0.227. The van der Waals surface area contributed by atoms with Gasteiger partial charge in [0.15, 0.2) is 0 Å². The molecule has 0 bridgehead atoms. The van der Waals surface area contributed by atoms with Crippen molar-refractivity contribution in [2.45, 2.75) is 33.2 Å². The van der Waals surface area contributed by atoms with E-state index < -0.39 is 0 Å². The molecule has 0 fully saturated rings. The van der Waals surface area contributed by atoms with Crippen LogP contribution in [0, 0.1) is 6.92 Å². The maximum absolute atomic E-state index is 12.7. The predicted octanol–water partition coefficient (Wildman–Crippen LogP) is 4.77. The predicted molar refractivity (Wildman–Crippen MR) is 109 cm³/mol. The van der Waals surface area contributed by atoms with Crippen molar-refractivity contribution in [3.8, 4) is 0 Å². The van der Waals surface area contributed by atoms with E-state index in [1.54, 1.807) is 13.0 Å². The number of nitrogens with zero attached hydrogens (tertiary/aromatic N) is 2. The van der Waals surface area contributed by atoms with E-state index in [0.29, 0.717) is 29.8 Å². The quantitative estimate of drug-likeness (QED) is 0.664. The van der Waals surface area contributed by atoms with Crippen molar-refractivity contribution < 1.29 is 4.79 Å². The molecule has 5 nitrogen and oxygen atoms in total. The van der Waals surface area contributed by atoms with Crippen LogP contribution in [0.25, 0.3) is 0 Å². The molecule has 0 aliphatic heterocycles. The number of aryl methyl sites for hydroxylation is 1. The number of carbonyl (C=O) groups excluding carboxylic acids is 1. The van der Waals surface area contributed by atoms with Gasteiger partial charge in [-0.2, -0.15) is 0 Å². The Balaban J connectivity index is 1.76. The number of hydrogen-bond donors (Lipinski definition) is 2. The molecular formula is C22H24N4O. The van der Waals surface area contributed by atoms with Crippen molar-refractivity contribution in [3.63, 3.8) is 0 Å². The fourth-order valence-electron chi connectivity index (χ4n) is 2.86. The summed E-state index contributed by atoms with van der Waals surface area (Å²) in [5.74, 6) is 1.26. The SMILES string of the molecule is Cc1nc(NCc2ccccc2)cc(C(=O)Nc2ccccc2C(C)C)n1. The van der Waals surface area contributed by atoms with E-state index in [1.165, 1.54) is 0 Å². The van der Waals surface area contributed by atoms with E-state index in [1.807, 2.05) is 54.6 Å². The summed E-state index contributed by atoms with van der Waals surface area (Å²) in [5.41, 5.74) is 3.40. The van der Waals surface area contributed by atoms with Crippen LogP contribution in [0.5, 0.6) is 0 Å². The average Bonchev–Trinajstić information content (AvgIpc) is 2.67. The third-order valence-corrected chi connectivity index (χ3v) is 4.22. The van der Waals surface area contributed by atoms with E-state index in [4.69, 9.17) is 0 Å². The van der Waals surface area contributed by atoms with Crippen LogP contribution in [-0.4, -0.2) is 15.9 Å². The van der Waals surface area contributed by atoms with Crippen LogP contribution in [-0.2, 0) is 6.54 Å². The van der Waals surface area contributed by atoms with Crippen LogP contribution in [0.2, 0.25) is 0 Å². The molecule has 0 aliphatic rings. The highest BCUT2D eigenvalue weighted by Gasteiger charge is 2.14. The number of carbonyl (C=O) groups is 1. The Bertz CT molecular complexity index is 923. The highest BCUT2D eigenvalue weighted by atomic mass is 16.1. The van der Waals surface area contributed by atoms with Gasteiger partial charge in [-0.3, -0.25) is 4.79 Å². The Morgan fingerprint density at radius 2 is 1.70 bits per heavy atom. The molecule has 3 rings (SSSR count). The number of aromatic nitrogens is 2. The third-order valence-electron chi connectivity index (χ3n) is 4.22. The smallest absolute Gasteiger partial charge is 0.274 e. The zero-order valence-electron chi connectivity index (χ0n) is 15.9. The largest absolute Gasteiger partial charge is 0.366 e. The lowest BCUT2D eigenvalue weighted by molar-refractivity contribution is 0.102. The maximum Gasteiger partial charge on any atom is 0.274 e. The minimum atomic E-state index is -0.239. The second kappa shape index (κ2) is 8.45. The number of amides is 1. The van der Waals surface area contributed by atoms with Crippen LogP contribution in [0.1, 0.15) is 47.2 Å². The van der Waals surface area contributed by atoms with Gasteiger partial charge in [0, 0.05) is 18.3 Å². The average molecular weight is 360 g/mol. The van der Waals surface area contributed by atoms with E-state index in [9.17, 15) is 4.79 Å². The van der Waals surface area contributed by atoms with Crippen LogP contribution in [0.15, 0.2) is 60.7 Å². The molecule has 0 radical (unpaired) electrons. The number of hydrogen-bond acceptors (Lipinski definition) is 4. The lowest BCUT2D eigenvalue weighted by Gasteiger charge is -2.14. The van der Waals surface area contributed by atoms with Gasteiger partial charge in [-0.05, 0) is 30.0 Å². The van der Waals surface area contributed by atoms with E-state index in [0.717, 1.165) is 16.8 Å². The fourth-order valence-corrected chi connectivity index (χ4v) is 2.86. The minimum Gasteiger partial charge on any atom is -0.366 e. The topological polar surface area (TPSA) is 66.9 Å². The van der Waals surface area contributed by atoms with E-state index in [2.05, 4.69) is 34.4 Å². The van der Waals surface area contributed by atoms with Gasteiger partial charge in [-0.1, -0.05) is 62.4 Å². The van der Waals surface area contributed by atoms with Crippen LogP contribution in [0.3, 0.4) is 0 Å². The summed E-state index contributed by atoms with van der Waals surface area (Å²) in [7, 11) is 0. The molecule has 27 heavy (non-hydrogen) atoms. The highest BCUT2D eigenvalue weighted by Crippen LogP contribution is 2.24. The molecule has 3 aromatic rings. The maximum atomic E-state index is 12.7. The lowest BCUT2D eigenvalue weighted by Crippen LogP contribution is -2.17. The molecule has 0 saturated carbocycles. The molecule has 0 unspecified atom stereocenters. The number of rotatable bonds is 6. The number of para-hydroxylation sites is 1. The van der Waals surface area contributed by atoms with Crippen LogP contribution in [0.4, 0.5) is 11.5 Å². The van der Waals surface area contributed by atoms with Crippen molar-refractivity contribution in [3.05, 3.63) is 83.3 Å². The molecule has 2 aromatic carbocycles. The van der Waals surface area contributed by atoms with Gasteiger partial charge in [0.25, 0.3) is 5.91 Å². The highest BCUT2D eigenvalue weighted by molar-refractivity contribution is 6.03. The lowest BCUT2D eigenvalue weighted by atomic mass is 10.0. The summed E-state index contributed by atoms with van der Waals surface area (Å²) in [5, 5.41) is 6.24. The molecule has 0 saturated heterocycles. The zero-order valence-corrected chi connectivity index (χ0v) is 15.9. The second-order valence-electron chi connectivity index (χ2n) is 6.72. The number of benzene rings is 2. The first-order valence-electron chi connectivity index (χ1n) is 9.06. The van der Waals surface area contributed by atoms with Crippen LogP contribution >= 0.6 is 0 Å². The summed E-state index contributed by atoms with van der Waals surface area (Å²) >= 11 is 0. The first kappa shape index (κ1) is 18.6. The summed E-state index contributed by atoms with van der Waals surface area (Å²) in [6.07, 6.45) is 0. The first-order valence-corrected chi connectivity index (χ1v) is 9.06. The Kier molecular flexibility index (Phi) is 5.81. The Morgan fingerprint density at radius 3 is 2.44 bits per heavy atom. The summed E-state index contributed by atoms with van der Waals surface area (Å²) in [6.45, 7) is 6.62. The van der Waals surface area contributed by atoms with Crippen molar-refractivity contribution in [2.24, 2.45) is 0 Å². The Hall–Kier alpha value is -3.21. The van der Waals surface area contributed by atoms with Crippen molar-refractivity contribution in [1.29, 1.82) is 0 Å². The molecule has 2 N–H and O–H groups in total. The summed E-state index contributed by atoms with van der Waals surface area (Å²) in [6, 6.07) is 19.6.